The first-order chi connectivity index (χ1) is 9.15. The van der Waals surface area contributed by atoms with Crippen LogP contribution in [-0.2, 0) is 6.54 Å². The van der Waals surface area contributed by atoms with Crippen LogP contribution in [0.5, 0.6) is 0 Å². The van der Waals surface area contributed by atoms with Crippen LogP contribution in [0.25, 0.3) is 0 Å². The van der Waals surface area contributed by atoms with Gasteiger partial charge in [-0.2, -0.15) is 0 Å². The van der Waals surface area contributed by atoms with Gasteiger partial charge in [0.1, 0.15) is 5.76 Å². The summed E-state index contributed by atoms with van der Waals surface area (Å²) in [6, 6.07) is 3.82. The highest BCUT2D eigenvalue weighted by molar-refractivity contribution is 5.93. The van der Waals surface area contributed by atoms with Crippen LogP contribution in [0.1, 0.15) is 30.0 Å². The topological polar surface area (TPSA) is 80.0 Å². The van der Waals surface area contributed by atoms with Crippen molar-refractivity contribution in [3.8, 4) is 0 Å². The fourth-order valence-electron chi connectivity index (χ4n) is 1.46. The molecule has 2 N–H and O–H groups in total. The molecule has 6 heteroatoms. The molecule has 0 saturated heterocycles. The van der Waals surface area contributed by atoms with Crippen molar-refractivity contribution in [2.75, 3.05) is 5.32 Å². The highest BCUT2D eigenvalue weighted by Gasteiger charge is 2.08. The molecule has 2 aromatic rings. The van der Waals surface area contributed by atoms with Crippen molar-refractivity contribution in [2.24, 2.45) is 0 Å². The Kier molecular flexibility index (Phi) is 4.12. The summed E-state index contributed by atoms with van der Waals surface area (Å²) < 4.78 is 5.13. The molecule has 2 heterocycles. The van der Waals surface area contributed by atoms with Gasteiger partial charge in [0, 0.05) is 18.4 Å². The van der Waals surface area contributed by atoms with Crippen LogP contribution in [0.2, 0.25) is 0 Å². The van der Waals surface area contributed by atoms with E-state index in [1.807, 2.05) is 13.8 Å². The first kappa shape index (κ1) is 13.1. The van der Waals surface area contributed by atoms with Crippen molar-refractivity contribution in [3.63, 3.8) is 0 Å². The van der Waals surface area contributed by atoms with E-state index in [9.17, 15) is 4.79 Å². The summed E-state index contributed by atoms with van der Waals surface area (Å²) >= 11 is 0. The third-order valence-corrected chi connectivity index (χ3v) is 2.34. The van der Waals surface area contributed by atoms with E-state index in [4.69, 9.17) is 4.42 Å². The van der Waals surface area contributed by atoms with Crippen molar-refractivity contribution in [2.45, 2.75) is 26.4 Å². The Bertz CT molecular complexity index is 520. The molecule has 6 nitrogen and oxygen atoms in total. The number of carbonyl (C=O) groups excluding carboxylic acids is 1. The van der Waals surface area contributed by atoms with E-state index in [0.29, 0.717) is 23.8 Å². The number of amides is 1. The summed E-state index contributed by atoms with van der Waals surface area (Å²) in [4.78, 5) is 20.0. The van der Waals surface area contributed by atoms with Crippen LogP contribution in [0.4, 0.5) is 5.95 Å². The van der Waals surface area contributed by atoms with E-state index >= 15 is 0 Å². The average Bonchev–Trinajstić information content (AvgIpc) is 2.89. The van der Waals surface area contributed by atoms with E-state index < -0.39 is 0 Å². The molecule has 0 aromatic carbocycles. The zero-order valence-electron chi connectivity index (χ0n) is 10.9. The van der Waals surface area contributed by atoms with Crippen molar-refractivity contribution < 1.29 is 9.21 Å². The Hall–Kier alpha value is -2.37. The standard InChI is InChI=1S/C13H16N4O2/c1-9(2)17-13-15-6-10(7-16-13)12(18)14-8-11-4-3-5-19-11/h3-7,9H,8H2,1-2H3,(H,14,18)(H,15,16,17). The maximum absolute atomic E-state index is 11.8. The van der Waals surface area contributed by atoms with E-state index in [0.717, 1.165) is 0 Å². The number of aromatic nitrogens is 2. The predicted molar refractivity (Wildman–Crippen MR) is 70.7 cm³/mol. The summed E-state index contributed by atoms with van der Waals surface area (Å²) in [5.74, 6) is 0.984. The van der Waals surface area contributed by atoms with Gasteiger partial charge < -0.3 is 15.1 Å². The van der Waals surface area contributed by atoms with Crippen LogP contribution < -0.4 is 10.6 Å². The first-order valence-electron chi connectivity index (χ1n) is 6.04. The molecule has 100 valence electrons. The predicted octanol–water partition coefficient (Wildman–Crippen LogP) is 1.82. The van der Waals surface area contributed by atoms with Crippen molar-refractivity contribution in [1.82, 2.24) is 15.3 Å². The molecule has 0 aliphatic heterocycles. The van der Waals surface area contributed by atoms with Gasteiger partial charge >= 0.3 is 0 Å². The van der Waals surface area contributed by atoms with Crippen LogP contribution >= 0.6 is 0 Å². The normalized spacial score (nSPS) is 10.5. The highest BCUT2D eigenvalue weighted by Crippen LogP contribution is 2.03. The van der Waals surface area contributed by atoms with Gasteiger partial charge in [-0.25, -0.2) is 9.97 Å². The molecule has 0 atom stereocenters. The lowest BCUT2D eigenvalue weighted by Crippen LogP contribution is -2.23. The molecule has 0 aliphatic rings. The second-order valence-corrected chi connectivity index (χ2v) is 4.36. The van der Waals surface area contributed by atoms with Gasteiger partial charge in [0.25, 0.3) is 5.91 Å². The second-order valence-electron chi connectivity index (χ2n) is 4.36. The first-order valence-corrected chi connectivity index (χ1v) is 6.04. The third kappa shape index (κ3) is 3.80. The number of rotatable bonds is 5. The molecule has 0 aliphatic carbocycles. The molecule has 0 saturated carbocycles. The van der Waals surface area contributed by atoms with Gasteiger partial charge in [-0.05, 0) is 26.0 Å². The number of anilines is 1. The fourth-order valence-corrected chi connectivity index (χ4v) is 1.46. The third-order valence-electron chi connectivity index (χ3n) is 2.34. The summed E-state index contributed by atoms with van der Waals surface area (Å²) in [5, 5.41) is 5.78. The van der Waals surface area contributed by atoms with E-state index in [1.165, 1.54) is 12.4 Å². The number of hydrogen-bond acceptors (Lipinski definition) is 5. The molecule has 0 fully saturated rings. The van der Waals surface area contributed by atoms with Gasteiger partial charge in [-0.15, -0.1) is 0 Å². The maximum Gasteiger partial charge on any atom is 0.254 e. The SMILES string of the molecule is CC(C)Nc1ncc(C(=O)NCc2ccco2)cn1. The lowest BCUT2D eigenvalue weighted by atomic mass is 10.3. The smallest absolute Gasteiger partial charge is 0.254 e. The lowest BCUT2D eigenvalue weighted by molar-refractivity contribution is 0.0947. The number of carbonyl (C=O) groups is 1. The molecule has 0 bridgehead atoms. The molecule has 2 rings (SSSR count). The van der Waals surface area contributed by atoms with Crippen LogP contribution in [0, 0.1) is 0 Å². The highest BCUT2D eigenvalue weighted by atomic mass is 16.3. The number of furan rings is 1. The Morgan fingerprint density at radius 3 is 2.68 bits per heavy atom. The van der Waals surface area contributed by atoms with E-state index in [1.54, 1.807) is 18.4 Å². The largest absolute Gasteiger partial charge is 0.467 e. The minimum atomic E-state index is -0.229. The average molecular weight is 260 g/mol. The zero-order valence-corrected chi connectivity index (χ0v) is 10.9. The molecular weight excluding hydrogens is 244 g/mol. The van der Waals surface area contributed by atoms with Crippen molar-refractivity contribution in [1.29, 1.82) is 0 Å². The molecule has 0 spiro atoms. The number of nitrogens with zero attached hydrogens (tertiary/aromatic N) is 2. The van der Waals surface area contributed by atoms with E-state index in [2.05, 4.69) is 20.6 Å². The van der Waals surface area contributed by atoms with Gasteiger partial charge in [-0.1, -0.05) is 0 Å². The molecule has 0 unspecified atom stereocenters. The van der Waals surface area contributed by atoms with E-state index in [-0.39, 0.29) is 11.9 Å². The lowest BCUT2D eigenvalue weighted by Gasteiger charge is -2.08. The van der Waals surface area contributed by atoms with Gasteiger partial charge in [0.05, 0.1) is 18.4 Å². The Morgan fingerprint density at radius 2 is 2.11 bits per heavy atom. The summed E-state index contributed by atoms with van der Waals surface area (Å²) in [5.41, 5.74) is 0.417. The maximum atomic E-state index is 11.8. The van der Waals surface area contributed by atoms with Crippen molar-refractivity contribution in [3.05, 3.63) is 42.1 Å². The molecule has 0 radical (unpaired) electrons. The van der Waals surface area contributed by atoms with Crippen LogP contribution in [0.15, 0.2) is 35.2 Å². The van der Waals surface area contributed by atoms with Crippen LogP contribution in [-0.4, -0.2) is 21.9 Å². The van der Waals surface area contributed by atoms with Gasteiger partial charge in [0.2, 0.25) is 5.95 Å². The Morgan fingerprint density at radius 1 is 1.37 bits per heavy atom. The zero-order chi connectivity index (χ0) is 13.7. The molecule has 19 heavy (non-hydrogen) atoms. The second kappa shape index (κ2) is 5.99. The van der Waals surface area contributed by atoms with Gasteiger partial charge in [0.15, 0.2) is 0 Å². The molecule has 1 amide bonds. The number of nitrogens with one attached hydrogen (secondary N) is 2. The Balaban J connectivity index is 1.92. The summed E-state index contributed by atoms with van der Waals surface area (Å²) in [6.45, 7) is 4.33. The van der Waals surface area contributed by atoms with Crippen molar-refractivity contribution >= 4 is 11.9 Å². The quantitative estimate of drug-likeness (QED) is 0.857. The number of hydrogen-bond donors (Lipinski definition) is 2. The minimum absolute atomic E-state index is 0.229. The Labute approximate surface area is 111 Å². The van der Waals surface area contributed by atoms with Crippen LogP contribution in [0.3, 0.4) is 0 Å². The monoisotopic (exact) mass is 260 g/mol. The molecule has 2 aromatic heterocycles. The molecular formula is C13H16N4O2. The summed E-state index contributed by atoms with van der Waals surface area (Å²) in [6.07, 6.45) is 4.56. The van der Waals surface area contributed by atoms with Gasteiger partial charge in [-0.3, -0.25) is 4.79 Å². The fraction of sp³-hybridized carbons (Fsp3) is 0.308. The summed E-state index contributed by atoms with van der Waals surface area (Å²) in [7, 11) is 0. The minimum Gasteiger partial charge on any atom is -0.467 e.